The minimum atomic E-state index is -3.71. The van der Waals surface area contributed by atoms with Crippen LogP contribution in [0.3, 0.4) is 0 Å². The molecule has 0 atom stereocenters. The third-order valence-corrected chi connectivity index (χ3v) is 5.27. The van der Waals surface area contributed by atoms with Crippen molar-refractivity contribution >= 4 is 31.5 Å². The number of hydrogen-bond acceptors (Lipinski definition) is 4. The lowest BCUT2D eigenvalue weighted by Crippen LogP contribution is -2.07. The molecule has 0 spiro atoms. The van der Waals surface area contributed by atoms with Gasteiger partial charge in [-0.15, -0.1) is 0 Å². The minimum Gasteiger partial charge on any atom is -0.497 e. The first-order valence-electron chi connectivity index (χ1n) is 5.93. The zero-order chi connectivity index (χ0) is 15.6. The molecule has 0 amide bonds. The Morgan fingerprint density at radius 1 is 1.24 bits per heavy atom. The number of anilines is 1. The molecule has 21 heavy (non-hydrogen) atoms. The van der Waals surface area contributed by atoms with Crippen molar-refractivity contribution in [1.29, 1.82) is 0 Å². The molecule has 2 aromatic rings. The predicted octanol–water partition coefficient (Wildman–Crippen LogP) is 3.15. The SMILES string of the molecule is COc1ccc(Br)c(CS(=O)(=O)c2cc(N)cc(F)c2)c1. The summed E-state index contributed by atoms with van der Waals surface area (Å²) < 4.78 is 43.8. The van der Waals surface area contributed by atoms with Crippen molar-refractivity contribution in [3.63, 3.8) is 0 Å². The fraction of sp³-hybridized carbons (Fsp3) is 0.143. The first-order valence-corrected chi connectivity index (χ1v) is 8.37. The molecular formula is C14H13BrFNO3S. The Bertz CT molecular complexity index is 758. The number of nitrogens with two attached hydrogens (primary N) is 1. The number of sulfone groups is 1. The van der Waals surface area contributed by atoms with Gasteiger partial charge in [-0.25, -0.2) is 12.8 Å². The largest absolute Gasteiger partial charge is 0.497 e. The number of hydrogen-bond donors (Lipinski definition) is 1. The number of nitrogen functional groups attached to an aromatic ring is 1. The van der Waals surface area contributed by atoms with Crippen LogP contribution < -0.4 is 10.5 Å². The van der Waals surface area contributed by atoms with Gasteiger partial charge >= 0.3 is 0 Å². The molecule has 0 unspecified atom stereocenters. The number of halogens is 2. The van der Waals surface area contributed by atoms with Crippen LogP contribution in [0.15, 0.2) is 45.8 Å². The highest BCUT2D eigenvalue weighted by Gasteiger charge is 2.19. The normalized spacial score (nSPS) is 11.4. The van der Waals surface area contributed by atoms with Gasteiger partial charge in [-0.3, -0.25) is 0 Å². The zero-order valence-electron chi connectivity index (χ0n) is 11.1. The molecule has 4 nitrogen and oxygen atoms in total. The van der Waals surface area contributed by atoms with Crippen LogP contribution >= 0.6 is 15.9 Å². The zero-order valence-corrected chi connectivity index (χ0v) is 13.5. The summed E-state index contributed by atoms with van der Waals surface area (Å²) in [5, 5.41) is 0. The molecule has 2 aromatic carbocycles. The molecule has 0 fully saturated rings. The van der Waals surface area contributed by atoms with Crippen LogP contribution in [0.4, 0.5) is 10.1 Å². The van der Waals surface area contributed by atoms with Crippen molar-refractivity contribution in [2.24, 2.45) is 0 Å². The van der Waals surface area contributed by atoms with Crippen molar-refractivity contribution in [3.8, 4) is 5.75 Å². The second-order valence-electron chi connectivity index (χ2n) is 4.44. The van der Waals surface area contributed by atoms with Crippen molar-refractivity contribution in [3.05, 3.63) is 52.3 Å². The minimum absolute atomic E-state index is 0.0679. The summed E-state index contributed by atoms with van der Waals surface area (Å²) in [6.45, 7) is 0. The Morgan fingerprint density at radius 3 is 2.57 bits per heavy atom. The van der Waals surface area contributed by atoms with Gasteiger partial charge in [-0.2, -0.15) is 0 Å². The van der Waals surface area contributed by atoms with Crippen LogP contribution in [0.2, 0.25) is 0 Å². The van der Waals surface area contributed by atoms with E-state index in [0.29, 0.717) is 15.8 Å². The lowest BCUT2D eigenvalue weighted by atomic mass is 10.2. The van der Waals surface area contributed by atoms with E-state index in [1.807, 2.05) is 0 Å². The molecule has 0 aliphatic carbocycles. The topological polar surface area (TPSA) is 69.4 Å². The quantitative estimate of drug-likeness (QED) is 0.835. The summed E-state index contributed by atoms with van der Waals surface area (Å²) >= 11 is 3.30. The molecule has 7 heteroatoms. The molecular weight excluding hydrogens is 361 g/mol. The maximum atomic E-state index is 13.3. The average Bonchev–Trinajstić information content (AvgIpc) is 2.40. The molecule has 0 bridgehead atoms. The Morgan fingerprint density at radius 2 is 1.95 bits per heavy atom. The molecule has 0 saturated carbocycles. The summed E-state index contributed by atoms with van der Waals surface area (Å²) in [7, 11) is -2.22. The average molecular weight is 374 g/mol. The smallest absolute Gasteiger partial charge is 0.182 e. The number of rotatable bonds is 4. The van der Waals surface area contributed by atoms with Gasteiger partial charge in [0.25, 0.3) is 0 Å². The fourth-order valence-electron chi connectivity index (χ4n) is 1.84. The highest BCUT2D eigenvalue weighted by atomic mass is 79.9. The van der Waals surface area contributed by atoms with E-state index in [1.54, 1.807) is 18.2 Å². The highest BCUT2D eigenvalue weighted by molar-refractivity contribution is 9.10. The van der Waals surface area contributed by atoms with E-state index in [-0.39, 0.29) is 16.3 Å². The fourth-order valence-corrected chi connectivity index (χ4v) is 3.84. The third kappa shape index (κ3) is 3.74. The van der Waals surface area contributed by atoms with Crippen LogP contribution in [-0.2, 0) is 15.6 Å². The van der Waals surface area contributed by atoms with E-state index in [1.165, 1.54) is 13.2 Å². The summed E-state index contributed by atoms with van der Waals surface area (Å²) in [5.74, 6) is -0.423. The van der Waals surface area contributed by atoms with E-state index in [4.69, 9.17) is 10.5 Å². The first kappa shape index (κ1) is 15.8. The summed E-state index contributed by atoms with van der Waals surface area (Å²) in [6, 6.07) is 8.29. The summed E-state index contributed by atoms with van der Waals surface area (Å²) in [5.41, 5.74) is 6.08. The second kappa shape index (κ2) is 6.03. The standard InChI is InChI=1S/C14H13BrFNO3S/c1-20-12-2-3-14(15)9(4-12)8-21(18,19)13-6-10(16)5-11(17)7-13/h2-7H,8,17H2,1H3. The Balaban J connectivity index is 2.41. The highest BCUT2D eigenvalue weighted by Crippen LogP contribution is 2.27. The van der Waals surface area contributed by atoms with E-state index >= 15 is 0 Å². The Labute approximate surface area is 130 Å². The van der Waals surface area contributed by atoms with Crippen molar-refractivity contribution in [2.45, 2.75) is 10.6 Å². The lowest BCUT2D eigenvalue weighted by Gasteiger charge is -2.09. The molecule has 0 aliphatic heterocycles. The van der Waals surface area contributed by atoms with E-state index in [2.05, 4.69) is 15.9 Å². The molecule has 0 saturated heterocycles. The van der Waals surface area contributed by atoms with Crippen molar-refractivity contribution in [2.75, 3.05) is 12.8 Å². The molecule has 0 radical (unpaired) electrons. The van der Waals surface area contributed by atoms with Gasteiger partial charge in [-0.05, 0) is 42.0 Å². The second-order valence-corrected chi connectivity index (χ2v) is 7.28. The van der Waals surface area contributed by atoms with Crippen LogP contribution in [0.5, 0.6) is 5.75 Å². The lowest BCUT2D eigenvalue weighted by molar-refractivity contribution is 0.414. The van der Waals surface area contributed by atoms with Gasteiger partial charge in [0.05, 0.1) is 17.8 Å². The molecule has 0 heterocycles. The van der Waals surface area contributed by atoms with Gasteiger partial charge < -0.3 is 10.5 Å². The molecule has 2 N–H and O–H groups in total. The molecule has 112 valence electrons. The Kier molecular flexibility index (Phi) is 4.53. The van der Waals surface area contributed by atoms with Gasteiger partial charge in [0.1, 0.15) is 11.6 Å². The monoisotopic (exact) mass is 373 g/mol. The van der Waals surface area contributed by atoms with Crippen molar-refractivity contribution < 1.29 is 17.5 Å². The van der Waals surface area contributed by atoms with E-state index in [9.17, 15) is 12.8 Å². The maximum Gasteiger partial charge on any atom is 0.182 e. The number of benzene rings is 2. The number of ether oxygens (including phenoxy) is 1. The van der Waals surface area contributed by atoms with Crippen LogP contribution in [0.1, 0.15) is 5.56 Å². The van der Waals surface area contributed by atoms with Gasteiger partial charge in [0, 0.05) is 10.2 Å². The van der Waals surface area contributed by atoms with Crippen LogP contribution in [0, 0.1) is 5.82 Å². The molecule has 0 aliphatic rings. The third-order valence-electron chi connectivity index (χ3n) is 2.85. The van der Waals surface area contributed by atoms with Crippen LogP contribution in [-0.4, -0.2) is 15.5 Å². The van der Waals surface area contributed by atoms with E-state index < -0.39 is 15.7 Å². The van der Waals surface area contributed by atoms with Gasteiger partial charge in [-0.1, -0.05) is 15.9 Å². The van der Waals surface area contributed by atoms with Crippen molar-refractivity contribution in [1.82, 2.24) is 0 Å². The van der Waals surface area contributed by atoms with Gasteiger partial charge in [0.15, 0.2) is 9.84 Å². The molecule has 0 aromatic heterocycles. The predicted molar refractivity (Wildman–Crippen MR) is 82.4 cm³/mol. The molecule has 2 rings (SSSR count). The van der Waals surface area contributed by atoms with Gasteiger partial charge in [0.2, 0.25) is 0 Å². The maximum absolute atomic E-state index is 13.3. The Hall–Kier alpha value is -1.60. The van der Waals surface area contributed by atoms with E-state index in [0.717, 1.165) is 12.1 Å². The summed E-state index contributed by atoms with van der Waals surface area (Å²) in [6.07, 6.45) is 0. The first-order chi connectivity index (χ1) is 9.81. The number of methoxy groups -OCH3 is 1. The summed E-state index contributed by atoms with van der Waals surface area (Å²) in [4.78, 5) is -0.144. The van der Waals surface area contributed by atoms with Crippen LogP contribution in [0.25, 0.3) is 0 Å².